The Morgan fingerprint density at radius 2 is 1.65 bits per heavy atom. The zero-order chi connectivity index (χ0) is 14.9. The van der Waals surface area contributed by atoms with E-state index < -0.39 is 0 Å². The van der Waals surface area contributed by atoms with Crippen LogP contribution in [0.3, 0.4) is 0 Å². The second kappa shape index (κ2) is 5.25. The van der Waals surface area contributed by atoms with Crippen LogP contribution in [-0.4, -0.2) is 21.1 Å². The number of benzene rings is 2. The Morgan fingerprint density at radius 3 is 2.25 bits per heavy atom. The molecule has 20 heavy (non-hydrogen) atoms. The van der Waals surface area contributed by atoms with Crippen molar-refractivity contribution < 1.29 is 20.1 Å². The first kappa shape index (κ1) is 13.9. The molecule has 0 atom stereocenters. The topological polar surface area (TPSA) is 77.8 Å². The van der Waals surface area contributed by atoms with Gasteiger partial charge >= 0.3 is 0 Å². The van der Waals surface area contributed by atoms with Crippen LogP contribution in [0.15, 0.2) is 30.3 Å². The van der Waals surface area contributed by atoms with Gasteiger partial charge in [-0.15, -0.1) is 0 Å². The molecule has 0 aliphatic heterocycles. The zero-order valence-corrected chi connectivity index (χ0v) is 11.3. The molecule has 0 saturated heterocycles. The smallest absolute Gasteiger partial charge is 0.174 e. The molecule has 0 spiro atoms. The second-order valence-electron chi connectivity index (χ2n) is 4.83. The van der Waals surface area contributed by atoms with Crippen LogP contribution in [0.4, 0.5) is 0 Å². The molecule has 104 valence electrons. The number of hydrogen-bond acceptors (Lipinski definition) is 4. The fraction of sp³-hybridized carbons (Fsp3) is 0.188. The minimum absolute atomic E-state index is 0.0455. The van der Waals surface area contributed by atoms with Crippen molar-refractivity contribution in [3.8, 4) is 17.2 Å². The summed E-state index contributed by atoms with van der Waals surface area (Å²) in [6.45, 7) is 3.45. The molecule has 2 aromatic carbocycles. The Hall–Kier alpha value is -2.49. The van der Waals surface area contributed by atoms with E-state index in [-0.39, 0.29) is 35.0 Å². The highest BCUT2D eigenvalue weighted by Crippen LogP contribution is 2.33. The molecule has 0 radical (unpaired) electrons. The van der Waals surface area contributed by atoms with Gasteiger partial charge < -0.3 is 15.3 Å². The lowest BCUT2D eigenvalue weighted by atomic mass is 9.97. The Kier molecular flexibility index (Phi) is 3.66. The van der Waals surface area contributed by atoms with Gasteiger partial charge in [0.1, 0.15) is 22.8 Å². The predicted molar refractivity (Wildman–Crippen MR) is 75.4 cm³/mol. The minimum Gasteiger partial charge on any atom is -0.508 e. The molecule has 0 amide bonds. The highest BCUT2D eigenvalue weighted by atomic mass is 16.3. The lowest BCUT2D eigenvalue weighted by Gasteiger charge is -2.11. The molecule has 0 unspecified atom stereocenters. The molecule has 0 aliphatic rings. The van der Waals surface area contributed by atoms with E-state index in [0.717, 1.165) is 5.56 Å². The number of carbonyl (C=O) groups is 1. The van der Waals surface area contributed by atoms with Crippen molar-refractivity contribution in [3.63, 3.8) is 0 Å². The SMILES string of the molecule is Cc1cc(O)c(C(=O)Cc2ccc(O)cc2)c(O)c1C. The first-order valence-corrected chi connectivity index (χ1v) is 6.23. The first-order chi connectivity index (χ1) is 9.40. The van der Waals surface area contributed by atoms with E-state index >= 15 is 0 Å². The van der Waals surface area contributed by atoms with Crippen molar-refractivity contribution in [1.82, 2.24) is 0 Å². The van der Waals surface area contributed by atoms with Crippen molar-refractivity contribution in [1.29, 1.82) is 0 Å². The molecule has 3 N–H and O–H groups in total. The molecule has 0 aromatic heterocycles. The number of aromatic hydroxyl groups is 3. The van der Waals surface area contributed by atoms with Gasteiger partial charge in [0.15, 0.2) is 5.78 Å². The summed E-state index contributed by atoms with van der Waals surface area (Å²) in [6, 6.07) is 7.70. The third kappa shape index (κ3) is 2.59. The minimum atomic E-state index is -0.367. The predicted octanol–water partition coefficient (Wildman–Crippen LogP) is 2.85. The average Bonchev–Trinajstić information content (AvgIpc) is 2.39. The number of hydrogen-bond donors (Lipinski definition) is 3. The van der Waals surface area contributed by atoms with Crippen LogP contribution < -0.4 is 0 Å². The van der Waals surface area contributed by atoms with Crippen LogP contribution in [0.2, 0.25) is 0 Å². The van der Waals surface area contributed by atoms with Gasteiger partial charge in [0, 0.05) is 6.42 Å². The number of rotatable bonds is 3. The van der Waals surface area contributed by atoms with Gasteiger partial charge in [0.25, 0.3) is 0 Å². The van der Waals surface area contributed by atoms with Crippen LogP contribution in [0.25, 0.3) is 0 Å². The molecule has 4 heteroatoms. The Labute approximate surface area is 116 Å². The average molecular weight is 272 g/mol. The highest BCUT2D eigenvalue weighted by molar-refractivity contribution is 6.02. The zero-order valence-electron chi connectivity index (χ0n) is 11.3. The van der Waals surface area contributed by atoms with E-state index in [2.05, 4.69) is 0 Å². The summed E-state index contributed by atoms with van der Waals surface area (Å²) >= 11 is 0. The van der Waals surface area contributed by atoms with Crippen molar-refractivity contribution in [2.45, 2.75) is 20.3 Å². The summed E-state index contributed by atoms with van der Waals surface area (Å²) in [5.74, 6) is -0.632. The van der Waals surface area contributed by atoms with E-state index in [0.29, 0.717) is 11.1 Å². The molecule has 0 heterocycles. The number of carbonyl (C=O) groups excluding carboxylic acids is 1. The summed E-state index contributed by atoms with van der Waals surface area (Å²) < 4.78 is 0. The third-order valence-corrected chi connectivity index (χ3v) is 3.37. The van der Waals surface area contributed by atoms with Crippen molar-refractivity contribution in [2.75, 3.05) is 0 Å². The molecule has 4 nitrogen and oxygen atoms in total. The van der Waals surface area contributed by atoms with Gasteiger partial charge in [-0.3, -0.25) is 4.79 Å². The van der Waals surface area contributed by atoms with E-state index in [1.54, 1.807) is 26.0 Å². The van der Waals surface area contributed by atoms with Gasteiger partial charge in [0.05, 0.1) is 0 Å². The number of phenolic OH excluding ortho intramolecular Hbond substituents is 3. The van der Waals surface area contributed by atoms with Crippen LogP contribution in [0.5, 0.6) is 17.2 Å². The maximum Gasteiger partial charge on any atom is 0.174 e. The van der Waals surface area contributed by atoms with Crippen molar-refractivity contribution >= 4 is 5.78 Å². The van der Waals surface area contributed by atoms with Gasteiger partial charge in [-0.2, -0.15) is 0 Å². The number of aryl methyl sites for hydroxylation is 1. The molecule has 0 aliphatic carbocycles. The number of Topliss-reactive ketones (excluding diaryl/α,β-unsaturated/α-hetero) is 1. The van der Waals surface area contributed by atoms with Gasteiger partial charge in [-0.05, 0) is 48.7 Å². The summed E-state index contributed by atoms with van der Waals surface area (Å²) in [5.41, 5.74) is 1.95. The van der Waals surface area contributed by atoms with Crippen LogP contribution in [0, 0.1) is 13.8 Å². The Balaban J connectivity index is 2.34. The van der Waals surface area contributed by atoms with E-state index in [1.807, 2.05) is 0 Å². The molecule has 2 rings (SSSR count). The summed E-state index contributed by atoms with van der Waals surface area (Å²) in [4.78, 5) is 12.2. The highest BCUT2D eigenvalue weighted by Gasteiger charge is 2.19. The van der Waals surface area contributed by atoms with Crippen LogP contribution in [-0.2, 0) is 6.42 Å². The van der Waals surface area contributed by atoms with Crippen LogP contribution >= 0.6 is 0 Å². The fourth-order valence-corrected chi connectivity index (χ4v) is 2.04. The standard InChI is InChI=1S/C16H16O4/c1-9-7-13(18)15(16(20)10(9)2)14(19)8-11-3-5-12(17)6-4-11/h3-7,17-18,20H,8H2,1-2H3. The summed E-state index contributed by atoms with van der Waals surface area (Å²) in [7, 11) is 0. The van der Waals surface area contributed by atoms with E-state index in [9.17, 15) is 20.1 Å². The molecular formula is C16H16O4. The molecular weight excluding hydrogens is 256 g/mol. The quantitative estimate of drug-likeness (QED) is 0.751. The van der Waals surface area contributed by atoms with Gasteiger partial charge in [0.2, 0.25) is 0 Å². The maximum atomic E-state index is 12.2. The summed E-state index contributed by atoms with van der Waals surface area (Å²) in [6.07, 6.45) is 0.0455. The second-order valence-corrected chi connectivity index (χ2v) is 4.83. The number of ketones is 1. The van der Waals surface area contributed by atoms with Gasteiger partial charge in [-0.1, -0.05) is 12.1 Å². The fourth-order valence-electron chi connectivity index (χ4n) is 2.04. The van der Waals surface area contributed by atoms with Crippen molar-refractivity contribution in [2.24, 2.45) is 0 Å². The first-order valence-electron chi connectivity index (χ1n) is 6.23. The van der Waals surface area contributed by atoms with E-state index in [1.165, 1.54) is 18.2 Å². The molecule has 0 bridgehead atoms. The maximum absolute atomic E-state index is 12.2. The van der Waals surface area contributed by atoms with Gasteiger partial charge in [-0.25, -0.2) is 0 Å². The molecule has 0 saturated carbocycles. The largest absolute Gasteiger partial charge is 0.508 e. The molecule has 2 aromatic rings. The van der Waals surface area contributed by atoms with Crippen molar-refractivity contribution in [3.05, 3.63) is 52.6 Å². The Bertz CT molecular complexity index is 657. The Morgan fingerprint density at radius 1 is 1.05 bits per heavy atom. The van der Waals surface area contributed by atoms with Crippen LogP contribution in [0.1, 0.15) is 27.0 Å². The third-order valence-electron chi connectivity index (χ3n) is 3.37. The number of phenols is 3. The van der Waals surface area contributed by atoms with E-state index in [4.69, 9.17) is 0 Å². The monoisotopic (exact) mass is 272 g/mol. The normalized spacial score (nSPS) is 10.5. The molecule has 0 fully saturated rings. The summed E-state index contributed by atoms with van der Waals surface area (Å²) in [5, 5.41) is 29.1. The lowest BCUT2D eigenvalue weighted by molar-refractivity contribution is 0.0987. The lowest BCUT2D eigenvalue weighted by Crippen LogP contribution is -2.05.